The maximum atomic E-state index is 2.28. The van der Waals surface area contributed by atoms with Crippen molar-refractivity contribution in [2.75, 3.05) is 0 Å². The van der Waals surface area contributed by atoms with Gasteiger partial charge in [-0.3, -0.25) is 0 Å². The summed E-state index contributed by atoms with van der Waals surface area (Å²) < 4.78 is 3.11. The Balaban J connectivity index is 2.45. The van der Waals surface area contributed by atoms with E-state index in [1.54, 1.807) is 8.94 Å². The van der Waals surface area contributed by atoms with Crippen LogP contribution < -0.4 is 0 Å². The van der Waals surface area contributed by atoms with E-state index < -0.39 is 0 Å². The molecule has 0 saturated carbocycles. The molecule has 0 unspecified atom stereocenters. The molecular weight excluding hydrogens is 200 g/mol. The van der Waals surface area contributed by atoms with Gasteiger partial charge in [-0.1, -0.05) is 0 Å². The van der Waals surface area contributed by atoms with Crippen LogP contribution in [0.1, 0.15) is 26.7 Å². The summed E-state index contributed by atoms with van der Waals surface area (Å²) in [7, 11) is 0. The summed E-state index contributed by atoms with van der Waals surface area (Å²) in [5, 5.41) is 0. The van der Waals surface area contributed by atoms with Crippen LogP contribution in [-0.4, -0.2) is 20.9 Å². The van der Waals surface area contributed by atoms with E-state index in [-0.39, 0.29) is 0 Å². The molecule has 0 aromatic heterocycles. The monoisotopic (exact) mass is 216 g/mol. The SMILES string of the molecule is CCC[Te]CCC. The number of hydrogen-bond acceptors (Lipinski definition) is 0. The summed E-state index contributed by atoms with van der Waals surface area (Å²) in [6.45, 7) is 4.56. The van der Waals surface area contributed by atoms with Crippen LogP contribution in [0.25, 0.3) is 0 Å². The van der Waals surface area contributed by atoms with Gasteiger partial charge in [-0.2, -0.15) is 0 Å². The van der Waals surface area contributed by atoms with Crippen molar-refractivity contribution in [3.05, 3.63) is 0 Å². The van der Waals surface area contributed by atoms with Crippen LogP contribution in [0.15, 0.2) is 0 Å². The number of rotatable bonds is 4. The molecular formula is C6H14Te. The van der Waals surface area contributed by atoms with Crippen LogP contribution in [0.2, 0.25) is 8.94 Å². The fourth-order valence-electron chi connectivity index (χ4n) is 0.391. The molecule has 0 fully saturated rings. The van der Waals surface area contributed by atoms with E-state index in [1.165, 1.54) is 12.8 Å². The standard InChI is InChI=1S/C6H14Te/c1-3-5-7-6-4-2/h3-6H2,1-2H3. The van der Waals surface area contributed by atoms with Gasteiger partial charge >= 0.3 is 56.5 Å². The summed E-state index contributed by atoms with van der Waals surface area (Å²) in [5.74, 6) is 0. The van der Waals surface area contributed by atoms with Crippen LogP contribution in [-0.2, 0) is 0 Å². The van der Waals surface area contributed by atoms with Gasteiger partial charge in [-0.05, 0) is 0 Å². The third-order valence-electron chi connectivity index (χ3n) is 0.697. The molecule has 0 aromatic carbocycles. The minimum absolute atomic E-state index is 0.477. The minimum atomic E-state index is 0.477. The molecule has 0 saturated heterocycles. The first-order valence-corrected chi connectivity index (χ1v) is 6.29. The summed E-state index contributed by atoms with van der Waals surface area (Å²) >= 11 is 0.477. The van der Waals surface area contributed by atoms with Crippen molar-refractivity contribution in [1.29, 1.82) is 0 Å². The number of hydrogen-bond donors (Lipinski definition) is 0. The third kappa shape index (κ3) is 6.79. The molecule has 1 heteroatoms. The Bertz CT molecular complexity index is 23.4. The van der Waals surface area contributed by atoms with Gasteiger partial charge in [0.1, 0.15) is 0 Å². The second-order valence-corrected chi connectivity index (χ2v) is 5.11. The van der Waals surface area contributed by atoms with Gasteiger partial charge in [0.25, 0.3) is 0 Å². The van der Waals surface area contributed by atoms with Crippen LogP contribution in [0.5, 0.6) is 0 Å². The van der Waals surface area contributed by atoms with Crippen molar-refractivity contribution in [3.8, 4) is 0 Å². The zero-order chi connectivity index (χ0) is 5.54. The molecule has 0 amide bonds. The van der Waals surface area contributed by atoms with Crippen molar-refractivity contribution in [2.24, 2.45) is 0 Å². The van der Waals surface area contributed by atoms with Crippen LogP contribution in [0.4, 0.5) is 0 Å². The van der Waals surface area contributed by atoms with E-state index in [1.807, 2.05) is 0 Å². The van der Waals surface area contributed by atoms with Gasteiger partial charge in [0.2, 0.25) is 0 Å². The first kappa shape index (κ1) is 7.79. The third-order valence-corrected chi connectivity index (χ3v) is 4.68. The molecule has 0 aliphatic rings. The summed E-state index contributed by atoms with van der Waals surface area (Å²) in [6.07, 6.45) is 2.84. The van der Waals surface area contributed by atoms with Crippen molar-refractivity contribution >= 4 is 20.9 Å². The zero-order valence-electron chi connectivity index (χ0n) is 5.24. The van der Waals surface area contributed by atoms with Crippen molar-refractivity contribution in [1.82, 2.24) is 0 Å². The molecule has 0 bridgehead atoms. The molecule has 0 atom stereocenters. The van der Waals surface area contributed by atoms with E-state index in [2.05, 4.69) is 13.8 Å². The Labute approximate surface area is 56.8 Å². The molecule has 0 radical (unpaired) electrons. The van der Waals surface area contributed by atoms with E-state index in [0.29, 0.717) is 20.9 Å². The van der Waals surface area contributed by atoms with Gasteiger partial charge < -0.3 is 0 Å². The second-order valence-electron chi connectivity index (χ2n) is 1.61. The molecule has 0 spiro atoms. The Kier molecular flexibility index (Phi) is 7.56. The molecule has 0 aliphatic carbocycles. The predicted octanol–water partition coefficient (Wildman–Crippen LogP) is 2.35. The molecule has 0 rings (SSSR count). The van der Waals surface area contributed by atoms with Gasteiger partial charge in [-0.15, -0.1) is 0 Å². The van der Waals surface area contributed by atoms with E-state index in [9.17, 15) is 0 Å². The van der Waals surface area contributed by atoms with Gasteiger partial charge in [0.15, 0.2) is 0 Å². The second kappa shape index (κ2) is 6.79. The summed E-state index contributed by atoms with van der Waals surface area (Å²) in [5.41, 5.74) is 0. The molecule has 0 heterocycles. The van der Waals surface area contributed by atoms with Gasteiger partial charge in [0, 0.05) is 0 Å². The summed E-state index contributed by atoms with van der Waals surface area (Å²) in [4.78, 5) is 0. The Hall–Kier alpha value is 0.790. The van der Waals surface area contributed by atoms with Gasteiger partial charge in [0.05, 0.1) is 0 Å². The molecule has 7 heavy (non-hydrogen) atoms. The fourth-order valence-corrected chi connectivity index (χ4v) is 2.62. The average molecular weight is 214 g/mol. The van der Waals surface area contributed by atoms with Gasteiger partial charge in [-0.25, -0.2) is 0 Å². The molecule has 44 valence electrons. The van der Waals surface area contributed by atoms with E-state index >= 15 is 0 Å². The Morgan fingerprint density at radius 1 is 1.00 bits per heavy atom. The van der Waals surface area contributed by atoms with Crippen molar-refractivity contribution < 1.29 is 0 Å². The topological polar surface area (TPSA) is 0 Å². The zero-order valence-corrected chi connectivity index (χ0v) is 7.57. The quantitative estimate of drug-likeness (QED) is 0.497. The first-order valence-electron chi connectivity index (χ1n) is 2.99. The van der Waals surface area contributed by atoms with Crippen molar-refractivity contribution in [3.63, 3.8) is 0 Å². The fraction of sp³-hybridized carbons (Fsp3) is 1.00. The van der Waals surface area contributed by atoms with Crippen LogP contribution in [0, 0.1) is 0 Å². The van der Waals surface area contributed by atoms with Crippen LogP contribution >= 0.6 is 0 Å². The maximum absolute atomic E-state index is 2.28. The molecule has 0 aromatic rings. The van der Waals surface area contributed by atoms with Crippen LogP contribution in [0.3, 0.4) is 0 Å². The average Bonchev–Trinajstić information content (AvgIpc) is 1.69. The Morgan fingerprint density at radius 2 is 1.43 bits per heavy atom. The molecule has 0 aliphatic heterocycles. The first-order chi connectivity index (χ1) is 3.41. The summed E-state index contributed by atoms with van der Waals surface area (Å²) in [6, 6.07) is 0. The van der Waals surface area contributed by atoms with E-state index in [4.69, 9.17) is 0 Å². The predicted molar refractivity (Wildman–Crippen MR) is 35.9 cm³/mol. The van der Waals surface area contributed by atoms with Crippen molar-refractivity contribution in [2.45, 2.75) is 35.6 Å². The molecule has 0 nitrogen and oxygen atoms in total. The van der Waals surface area contributed by atoms with E-state index in [0.717, 1.165) is 0 Å². The normalized spacial score (nSPS) is 9.43. The Morgan fingerprint density at radius 3 is 1.71 bits per heavy atom. The molecule has 0 N–H and O–H groups in total.